The zero-order valence-electron chi connectivity index (χ0n) is 5.73. The van der Waals surface area contributed by atoms with Gasteiger partial charge < -0.3 is 0 Å². The van der Waals surface area contributed by atoms with Crippen LogP contribution in [0, 0.1) is 15.9 Å². The Labute approximate surface area is 81.0 Å². The van der Waals surface area contributed by atoms with E-state index in [0.29, 0.717) is 4.46 Å². The van der Waals surface area contributed by atoms with Gasteiger partial charge in [-0.2, -0.15) is 0 Å². The van der Waals surface area contributed by atoms with Crippen LogP contribution in [0.2, 0.25) is 0 Å². The van der Waals surface area contributed by atoms with Gasteiger partial charge in [-0.3, -0.25) is 0 Å². The van der Waals surface area contributed by atoms with Gasteiger partial charge in [0.2, 0.25) is 0 Å². The molecule has 12 heavy (non-hydrogen) atoms. The van der Waals surface area contributed by atoms with E-state index in [9.17, 15) is 14.5 Å². The maximum atomic E-state index is 12.5. The van der Waals surface area contributed by atoms with Crippen LogP contribution in [0.1, 0.15) is 0 Å². The van der Waals surface area contributed by atoms with E-state index >= 15 is 0 Å². The summed E-state index contributed by atoms with van der Waals surface area (Å²) in [5.74, 6) is -0.567. The molecule has 6 heteroatoms. The van der Waals surface area contributed by atoms with E-state index in [0.717, 1.165) is 6.07 Å². The number of rotatable bonds is 2. The Kier molecular flexibility index (Phi) is 3.23. The number of halogens is 1. The van der Waals surface area contributed by atoms with Crippen molar-refractivity contribution in [2.24, 2.45) is 0 Å². The summed E-state index contributed by atoms with van der Waals surface area (Å²) >= 11 is 2.24. The molecule has 0 aliphatic heterocycles. The summed E-state index contributed by atoms with van der Waals surface area (Å²) in [6.45, 7) is 0. The molecule has 0 spiro atoms. The van der Waals surface area contributed by atoms with E-state index in [2.05, 4.69) is 14.2 Å². The zero-order valence-corrected chi connectivity index (χ0v) is 9.32. The van der Waals surface area contributed by atoms with Crippen molar-refractivity contribution in [3.8, 4) is 0 Å². The summed E-state index contributed by atoms with van der Waals surface area (Å²) in [4.78, 5) is 9.81. The Hall–Kier alpha value is -0.411. The molecular weight excluding hydrogens is 295 g/mol. The monoisotopic (exact) mass is 301 g/mol. The van der Waals surface area contributed by atoms with Crippen molar-refractivity contribution in [1.29, 1.82) is 0 Å². The van der Waals surface area contributed by atoms with Gasteiger partial charge in [0.15, 0.2) is 0 Å². The summed E-state index contributed by atoms with van der Waals surface area (Å²) in [7, 11) is 0. The van der Waals surface area contributed by atoms with Crippen molar-refractivity contribution >= 4 is 37.5 Å². The molecule has 0 saturated carbocycles. The second-order valence-electron chi connectivity index (χ2n) is 1.96. The Morgan fingerprint density at radius 2 is 2.25 bits per heavy atom. The molecule has 1 aromatic rings. The number of hydrogen-bond acceptors (Lipinski definition) is 2. The molecule has 0 radical (unpaired) electrons. The summed E-state index contributed by atoms with van der Waals surface area (Å²) in [6.07, 6.45) is 0. The first-order chi connectivity index (χ1) is 5.65. The molecule has 3 nitrogen and oxygen atoms in total. The third-order valence-corrected chi connectivity index (χ3v) is 4.50. The van der Waals surface area contributed by atoms with Gasteiger partial charge in [0.1, 0.15) is 0 Å². The van der Waals surface area contributed by atoms with Crippen LogP contribution < -0.4 is 4.46 Å². The quantitative estimate of drug-likeness (QED) is 0.434. The second kappa shape index (κ2) is 4.01. The molecule has 0 aliphatic carbocycles. The fourth-order valence-corrected chi connectivity index (χ4v) is 3.14. The number of nitro benzene ring substituents is 1. The van der Waals surface area contributed by atoms with Gasteiger partial charge in [-0.15, -0.1) is 0 Å². The van der Waals surface area contributed by atoms with E-state index in [1.165, 1.54) is 12.1 Å². The number of nitro groups is 1. The first-order valence-corrected chi connectivity index (χ1v) is 8.51. The van der Waals surface area contributed by atoms with Crippen LogP contribution in [0.5, 0.6) is 0 Å². The van der Waals surface area contributed by atoms with Crippen molar-refractivity contribution in [2.45, 2.75) is 0 Å². The molecule has 0 heterocycles. The molecule has 0 fully saturated rings. The Bertz CT molecular complexity index is 318. The molecule has 0 aromatic heterocycles. The van der Waals surface area contributed by atoms with Crippen LogP contribution >= 0.6 is 0 Å². The van der Waals surface area contributed by atoms with E-state index in [1.54, 1.807) is 0 Å². The van der Waals surface area contributed by atoms with Crippen LogP contribution in [0.4, 0.5) is 10.1 Å². The first kappa shape index (κ1) is 9.68. The van der Waals surface area contributed by atoms with Crippen LogP contribution in [0.3, 0.4) is 0 Å². The molecular formula is C6H4FNO2Se2. The molecule has 1 rings (SSSR count). The van der Waals surface area contributed by atoms with Crippen molar-refractivity contribution < 1.29 is 9.31 Å². The van der Waals surface area contributed by atoms with Crippen LogP contribution in [0.25, 0.3) is 0 Å². The van der Waals surface area contributed by atoms with Gasteiger partial charge in [0.05, 0.1) is 0 Å². The molecule has 0 unspecified atom stereocenters. The van der Waals surface area contributed by atoms with Gasteiger partial charge in [-0.05, 0) is 0 Å². The molecule has 64 valence electrons. The summed E-state index contributed by atoms with van der Waals surface area (Å²) in [6, 6.07) is 3.63. The Morgan fingerprint density at radius 1 is 1.58 bits per heavy atom. The molecule has 0 bridgehead atoms. The van der Waals surface area contributed by atoms with E-state index in [1.807, 2.05) is 0 Å². The zero-order chi connectivity index (χ0) is 9.14. The normalized spacial score (nSPS) is 9.83. The van der Waals surface area contributed by atoms with Gasteiger partial charge >= 0.3 is 80.9 Å². The summed E-state index contributed by atoms with van der Waals surface area (Å²) in [5, 5.41) is 10.4. The van der Waals surface area contributed by atoms with Crippen LogP contribution in [0.15, 0.2) is 18.2 Å². The van der Waals surface area contributed by atoms with Crippen LogP contribution in [-0.4, -0.2) is 32.2 Å². The summed E-state index contributed by atoms with van der Waals surface area (Å²) in [5.41, 5.74) is -0.129. The number of nitrogens with zero attached hydrogens (tertiary/aromatic N) is 1. The first-order valence-electron chi connectivity index (χ1n) is 2.90. The maximum absolute atomic E-state index is 12.5. The van der Waals surface area contributed by atoms with Crippen molar-refractivity contribution in [2.75, 3.05) is 0 Å². The molecule has 0 atom stereocenters. The molecule has 0 saturated heterocycles. The standard InChI is InChI=1S/C6H4FNO2Se2/c7-4-1-2-6(12-11)5(3-4)8(9)10/h1-3,11H. The third-order valence-electron chi connectivity index (χ3n) is 1.22. The van der Waals surface area contributed by atoms with E-state index < -0.39 is 10.7 Å². The predicted molar refractivity (Wildman–Crippen MR) is 45.6 cm³/mol. The van der Waals surface area contributed by atoms with E-state index in [4.69, 9.17) is 0 Å². The minimum absolute atomic E-state index is 0.0386. The Morgan fingerprint density at radius 3 is 2.75 bits per heavy atom. The fourth-order valence-electron chi connectivity index (χ4n) is 0.710. The topological polar surface area (TPSA) is 43.1 Å². The third kappa shape index (κ3) is 2.05. The number of hydrogen-bond donors (Lipinski definition) is 0. The average molecular weight is 299 g/mol. The number of benzene rings is 1. The van der Waals surface area contributed by atoms with Gasteiger partial charge in [0, 0.05) is 0 Å². The summed E-state index contributed by atoms with van der Waals surface area (Å²) < 4.78 is 13.1. The van der Waals surface area contributed by atoms with Crippen molar-refractivity contribution in [1.82, 2.24) is 0 Å². The van der Waals surface area contributed by atoms with Gasteiger partial charge in [-0.25, -0.2) is 0 Å². The second-order valence-corrected chi connectivity index (χ2v) is 5.26. The molecule has 0 N–H and O–H groups in total. The average Bonchev–Trinajstić information content (AvgIpc) is 2.04. The molecule has 1 aromatic carbocycles. The molecule has 0 aliphatic rings. The van der Waals surface area contributed by atoms with Gasteiger partial charge in [-0.1, -0.05) is 0 Å². The molecule has 0 amide bonds. The van der Waals surface area contributed by atoms with Crippen molar-refractivity contribution in [3.63, 3.8) is 0 Å². The Balaban J connectivity index is 3.21. The van der Waals surface area contributed by atoms with Crippen molar-refractivity contribution in [3.05, 3.63) is 34.1 Å². The van der Waals surface area contributed by atoms with Gasteiger partial charge in [0.25, 0.3) is 0 Å². The van der Waals surface area contributed by atoms with E-state index in [-0.39, 0.29) is 18.8 Å². The fraction of sp³-hybridized carbons (Fsp3) is 0. The minimum atomic E-state index is -0.567. The van der Waals surface area contributed by atoms with Crippen LogP contribution in [-0.2, 0) is 0 Å². The SMILES string of the molecule is O=[N+]([O-])c1cc(F)ccc1[Se][SeH]. The predicted octanol–water partition coefficient (Wildman–Crippen LogP) is -0.121.